The molecule has 4 heterocycles. The number of hydrogen-bond acceptors (Lipinski definition) is 11. The molecule has 15 heteroatoms. The molecule has 0 spiro atoms. The fourth-order valence-electron chi connectivity index (χ4n) is 3.23. The highest BCUT2D eigenvalue weighted by Crippen LogP contribution is 2.39. The first kappa shape index (κ1) is 22.8. The average Bonchev–Trinajstić information content (AvgIpc) is 3.39. The summed E-state index contributed by atoms with van der Waals surface area (Å²) in [4.78, 5) is 29.2. The number of nitrogens with one attached hydrogen (secondary N) is 1. The number of aromatic nitrogens is 5. The highest BCUT2D eigenvalue weighted by atomic mass is 35.5. The molecule has 1 aliphatic rings. The van der Waals surface area contributed by atoms with Crippen LogP contribution in [0.3, 0.4) is 0 Å². The molecule has 0 bridgehead atoms. The normalized spacial score (nSPS) is 25.7. The summed E-state index contributed by atoms with van der Waals surface area (Å²) in [7, 11) is 0. The predicted octanol–water partition coefficient (Wildman–Crippen LogP) is 0.214. The van der Waals surface area contributed by atoms with E-state index >= 15 is 0 Å². The molecule has 0 amide bonds. The van der Waals surface area contributed by atoms with Gasteiger partial charge in [0, 0.05) is 16.5 Å². The summed E-state index contributed by atoms with van der Waals surface area (Å²) in [6.07, 6.45) is -1.24. The van der Waals surface area contributed by atoms with Crippen LogP contribution in [-0.4, -0.2) is 81.7 Å². The Morgan fingerprint density at radius 2 is 2.16 bits per heavy atom. The zero-order chi connectivity index (χ0) is 23.0. The number of pyridine rings is 1. The number of aromatic amines is 1. The van der Waals surface area contributed by atoms with Gasteiger partial charge in [-0.25, -0.2) is 14.5 Å². The smallest absolute Gasteiger partial charge is 0.355 e. The first-order valence-electron chi connectivity index (χ1n) is 9.06. The topological polar surface area (TPSA) is 184 Å². The van der Waals surface area contributed by atoms with Gasteiger partial charge in [0.1, 0.15) is 35.5 Å². The number of carbonyl (C=O) groups is 1. The van der Waals surface area contributed by atoms with Crippen molar-refractivity contribution in [2.75, 3.05) is 6.61 Å². The Morgan fingerprint density at radius 3 is 2.81 bits per heavy atom. The second kappa shape index (κ2) is 9.27. The van der Waals surface area contributed by atoms with Crippen molar-refractivity contribution < 1.29 is 30.0 Å². The van der Waals surface area contributed by atoms with E-state index in [1.807, 2.05) is 0 Å². The molecular formula is C17H16ClN5O7S2. The van der Waals surface area contributed by atoms with Gasteiger partial charge in [0.15, 0.2) is 5.69 Å². The van der Waals surface area contributed by atoms with Crippen LogP contribution in [0.25, 0.3) is 11.4 Å². The van der Waals surface area contributed by atoms with Crippen molar-refractivity contribution in [2.24, 2.45) is 0 Å². The Hall–Kier alpha value is -2.33. The van der Waals surface area contributed by atoms with E-state index in [0.717, 1.165) is 23.1 Å². The highest BCUT2D eigenvalue weighted by Gasteiger charge is 2.46. The van der Waals surface area contributed by atoms with Crippen LogP contribution in [0.5, 0.6) is 0 Å². The van der Waals surface area contributed by atoms with Gasteiger partial charge in [-0.1, -0.05) is 39.9 Å². The summed E-state index contributed by atoms with van der Waals surface area (Å²) < 4.78 is 6.84. The molecule has 5 unspecified atom stereocenters. The number of carboxylic acids is 1. The monoisotopic (exact) mass is 501 g/mol. The summed E-state index contributed by atoms with van der Waals surface area (Å²) >= 11 is 7.73. The van der Waals surface area contributed by atoms with Crippen molar-refractivity contribution in [3.8, 4) is 11.4 Å². The van der Waals surface area contributed by atoms with Crippen molar-refractivity contribution in [1.82, 2.24) is 25.0 Å². The third kappa shape index (κ3) is 4.43. The molecule has 3 aromatic rings. The second-order valence-electron chi connectivity index (χ2n) is 6.77. The van der Waals surface area contributed by atoms with Crippen LogP contribution in [0.15, 0.2) is 33.5 Å². The number of aliphatic hydroxyl groups is 3. The number of aromatic carboxylic acids is 1. The Kier molecular flexibility index (Phi) is 6.62. The fraction of sp³-hybridized carbons (Fsp3) is 0.353. The van der Waals surface area contributed by atoms with Crippen molar-refractivity contribution in [3.05, 3.63) is 44.2 Å². The average molecular weight is 502 g/mol. The molecule has 0 saturated carbocycles. The van der Waals surface area contributed by atoms with E-state index in [1.54, 1.807) is 5.38 Å². The number of H-pyrrole nitrogens is 1. The summed E-state index contributed by atoms with van der Waals surface area (Å²) in [6, 6.07) is 0.276. The molecule has 5 N–H and O–H groups in total. The summed E-state index contributed by atoms with van der Waals surface area (Å²) in [5.74, 6) is -1.30. The standard InChI is InChI=1S/C17H16ClN5O7S2/c18-6-1-10(11(15(27)28)19-2-6)32-16-14(26)12(13(25)9(4-24)30-16)23-3-7(21-22-23)8-5-31-17(29)20-8/h1-3,5,9,12-14,16,24-26H,4H2,(H,20,29)(H,27,28). The van der Waals surface area contributed by atoms with Crippen LogP contribution in [0, 0.1) is 0 Å². The van der Waals surface area contributed by atoms with Crippen LogP contribution in [-0.2, 0) is 4.74 Å². The van der Waals surface area contributed by atoms with Gasteiger partial charge in [-0.3, -0.25) is 4.79 Å². The van der Waals surface area contributed by atoms with Gasteiger partial charge in [0.2, 0.25) is 0 Å². The molecule has 12 nitrogen and oxygen atoms in total. The highest BCUT2D eigenvalue weighted by molar-refractivity contribution is 8.00. The minimum absolute atomic E-state index is 0.135. The number of ether oxygens (including phenoxy) is 1. The van der Waals surface area contributed by atoms with E-state index in [9.17, 15) is 30.0 Å². The molecule has 3 aromatic heterocycles. The third-order valence-electron chi connectivity index (χ3n) is 4.73. The fourth-order valence-corrected chi connectivity index (χ4v) is 5.22. The third-order valence-corrected chi connectivity index (χ3v) is 6.79. The van der Waals surface area contributed by atoms with Gasteiger partial charge in [0.05, 0.1) is 23.5 Å². The van der Waals surface area contributed by atoms with E-state index < -0.39 is 42.4 Å². The summed E-state index contributed by atoms with van der Waals surface area (Å²) in [6.45, 7) is -0.569. The van der Waals surface area contributed by atoms with Crippen LogP contribution >= 0.6 is 34.7 Å². The molecule has 1 aliphatic heterocycles. The maximum Gasteiger partial charge on any atom is 0.355 e. The van der Waals surface area contributed by atoms with Crippen molar-refractivity contribution in [2.45, 2.75) is 34.7 Å². The summed E-state index contributed by atoms with van der Waals surface area (Å²) in [5.41, 5.74) is -0.662. The lowest BCUT2D eigenvalue weighted by molar-refractivity contribution is -0.178. The van der Waals surface area contributed by atoms with Gasteiger partial charge in [-0.2, -0.15) is 0 Å². The van der Waals surface area contributed by atoms with Gasteiger partial charge in [0.25, 0.3) is 0 Å². The number of halogens is 1. The second-order valence-corrected chi connectivity index (χ2v) is 9.18. The predicted molar refractivity (Wildman–Crippen MR) is 113 cm³/mol. The Morgan fingerprint density at radius 1 is 1.38 bits per heavy atom. The van der Waals surface area contributed by atoms with E-state index in [0.29, 0.717) is 11.4 Å². The lowest BCUT2D eigenvalue weighted by atomic mass is 9.97. The van der Waals surface area contributed by atoms with Crippen molar-refractivity contribution in [3.63, 3.8) is 0 Å². The molecule has 0 aromatic carbocycles. The van der Waals surface area contributed by atoms with Crippen LogP contribution in [0.1, 0.15) is 16.5 Å². The maximum atomic E-state index is 11.5. The van der Waals surface area contributed by atoms with Gasteiger partial charge >= 0.3 is 10.8 Å². The number of hydrogen-bond donors (Lipinski definition) is 5. The molecule has 1 saturated heterocycles. The molecular weight excluding hydrogens is 486 g/mol. The largest absolute Gasteiger partial charge is 0.476 e. The van der Waals surface area contributed by atoms with E-state index in [1.165, 1.54) is 23.1 Å². The van der Waals surface area contributed by atoms with Gasteiger partial charge in [-0.05, 0) is 6.07 Å². The molecule has 170 valence electrons. The minimum Gasteiger partial charge on any atom is -0.476 e. The SMILES string of the molecule is O=C(O)c1ncc(Cl)cc1SC1OC(CO)C(O)C(n2cc(-c3csc(=O)[nH]3)nn2)C1O. The molecule has 1 fully saturated rings. The minimum atomic E-state index is -1.39. The van der Waals surface area contributed by atoms with Crippen LogP contribution in [0.2, 0.25) is 5.02 Å². The molecule has 4 rings (SSSR count). The van der Waals surface area contributed by atoms with E-state index in [-0.39, 0.29) is 20.5 Å². The quantitative estimate of drug-likeness (QED) is 0.311. The molecule has 0 radical (unpaired) electrons. The first-order valence-corrected chi connectivity index (χ1v) is 11.2. The lowest BCUT2D eigenvalue weighted by Crippen LogP contribution is -2.55. The molecule has 32 heavy (non-hydrogen) atoms. The zero-order valence-electron chi connectivity index (χ0n) is 15.9. The number of rotatable bonds is 6. The number of thioether (sulfide) groups is 1. The van der Waals surface area contributed by atoms with Crippen LogP contribution in [0.4, 0.5) is 0 Å². The van der Waals surface area contributed by atoms with Crippen LogP contribution < -0.4 is 4.87 Å². The van der Waals surface area contributed by atoms with Gasteiger partial charge < -0.3 is 30.1 Å². The Balaban J connectivity index is 1.65. The lowest BCUT2D eigenvalue weighted by Gasteiger charge is -2.41. The molecule has 5 atom stereocenters. The number of aliphatic hydroxyl groups excluding tert-OH is 3. The maximum absolute atomic E-state index is 11.5. The number of nitrogens with zero attached hydrogens (tertiary/aromatic N) is 4. The van der Waals surface area contributed by atoms with Gasteiger partial charge in [-0.15, -0.1) is 5.10 Å². The number of carboxylic acid groups (broad SMARTS) is 1. The molecule has 0 aliphatic carbocycles. The van der Waals surface area contributed by atoms with E-state index in [2.05, 4.69) is 20.3 Å². The first-order chi connectivity index (χ1) is 15.3. The van der Waals surface area contributed by atoms with Crippen molar-refractivity contribution >= 4 is 40.7 Å². The van der Waals surface area contributed by atoms with Crippen molar-refractivity contribution in [1.29, 1.82) is 0 Å². The number of thiazole rings is 1. The van der Waals surface area contributed by atoms with E-state index in [4.69, 9.17) is 16.3 Å². The Labute approximate surface area is 192 Å². The zero-order valence-corrected chi connectivity index (χ0v) is 18.3. The Bertz CT molecular complexity index is 1180. The summed E-state index contributed by atoms with van der Waals surface area (Å²) in [5, 5.41) is 50.4.